The number of nitrogens with one attached hydrogen (secondary N) is 1. The van der Waals surface area contributed by atoms with Gasteiger partial charge in [-0.1, -0.05) is 0 Å². The van der Waals surface area contributed by atoms with Gasteiger partial charge in [0.25, 0.3) is 11.5 Å². The first kappa shape index (κ1) is 18.0. The first-order chi connectivity index (χ1) is 14.1. The SMILES string of the molecule is Cn1ccc2c(c1=O)NCC(N1CCCc3cc(C(=O)N4CCCC4)cnc31)=C2. The van der Waals surface area contributed by atoms with Gasteiger partial charge in [0.2, 0.25) is 0 Å². The Morgan fingerprint density at radius 2 is 2.00 bits per heavy atom. The number of fused-ring (bicyclic) bond motifs is 2. The molecule has 2 aromatic heterocycles. The van der Waals surface area contributed by atoms with E-state index < -0.39 is 0 Å². The lowest BCUT2D eigenvalue weighted by Gasteiger charge is -2.34. The molecular formula is C22H25N5O2. The van der Waals surface area contributed by atoms with Gasteiger partial charge in [-0.15, -0.1) is 0 Å². The maximum atomic E-state index is 12.7. The van der Waals surface area contributed by atoms with Gasteiger partial charge >= 0.3 is 0 Å². The smallest absolute Gasteiger partial charge is 0.274 e. The molecule has 0 bridgehead atoms. The van der Waals surface area contributed by atoms with Crippen molar-refractivity contribution in [3.8, 4) is 0 Å². The molecule has 5 heterocycles. The van der Waals surface area contributed by atoms with Crippen molar-refractivity contribution in [2.75, 3.05) is 36.4 Å². The molecule has 0 aliphatic carbocycles. The van der Waals surface area contributed by atoms with E-state index in [0.717, 1.165) is 68.0 Å². The van der Waals surface area contributed by atoms with Crippen molar-refractivity contribution < 1.29 is 4.79 Å². The monoisotopic (exact) mass is 391 g/mol. The number of anilines is 2. The van der Waals surface area contributed by atoms with E-state index in [-0.39, 0.29) is 11.5 Å². The van der Waals surface area contributed by atoms with Crippen molar-refractivity contribution in [2.45, 2.75) is 25.7 Å². The van der Waals surface area contributed by atoms with Crippen LogP contribution in [0.3, 0.4) is 0 Å². The van der Waals surface area contributed by atoms with E-state index in [1.165, 1.54) is 0 Å². The van der Waals surface area contributed by atoms with Crippen LogP contribution in [0, 0.1) is 0 Å². The van der Waals surface area contributed by atoms with E-state index in [1.807, 2.05) is 17.0 Å². The molecule has 7 heteroatoms. The first-order valence-corrected chi connectivity index (χ1v) is 10.3. The molecule has 0 radical (unpaired) electrons. The highest BCUT2D eigenvalue weighted by molar-refractivity contribution is 5.94. The fourth-order valence-corrected chi connectivity index (χ4v) is 4.49. The molecule has 0 unspecified atom stereocenters. The number of carbonyl (C=O) groups is 1. The Labute approximate surface area is 169 Å². The summed E-state index contributed by atoms with van der Waals surface area (Å²) in [5, 5.41) is 3.28. The van der Waals surface area contributed by atoms with Gasteiger partial charge in [-0.25, -0.2) is 4.98 Å². The van der Waals surface area contributed by atoms with Gasteiger partial charge in [-0.2, -0.15) is 0 Å². The summed E-state index contributed by atoms with van der Waals surface area (Å²) < 4.78 is 1.58. The quantitative estimate of drug-likeness (QED) is 0.850. The molecule has 3 aliphatic rings. The average molecular weight is 391 g/mol. The van der Waals surface area contributed by atoms with Crippen LogP contribution in [0.1, 0.15) is 40.7 Å². The maximum Gasteiger partial charge on any atom is 0.274 e. The predicted octanol–water partition coefficient (Wildman–Crippen LogP) is 2.24. The Kier molecular flexibility index (Phi) is 4.38. The van der Waals surface area contributed by atoms with Gasteiger partial charge in [-0.3, -0.25) is 9.59 Å². The van der Waals surface area contributed by atoms with Crippen molar-refractivity contribution in [2.24, 2.45) is 7.05 Å². The minimum absolute atomic E-state index is 0.0139. The zero-order valence-electron chi connectivity index (χ0n) is 16.6. The summed E-state index contributed by atoms with van der Waals surface area (Å²) in [6.45, 7) is 3.16. The van der Waals surface area contributed by atoms with Crippen LogP contribution in [0.5, 0.6) is 0 Å². The van der Waals surface area contributed by atoms with Gasteiger partial charge in [0, 0.05) is 50.3 Å². The zero-order chi connectivity index (χ0) is 20.0. The number of pyridine rings is 2. The number of hydrogen-bond acceptors (Lipinski definition) is 5. The van der Waals surface area contributed by atoms with E-state index in [9.17, 15) is 9.59 Å². The van der Waals surface area contributed by atoms with E-state index in [4.69, 9.17) is 4.98 Å². The van der Waals surface area contributed by atoms with Crippen molar-refractivity contribution in [1.82, 2.24) is 14.5 Å². The Morgan fingerprint density at radius 1 is 1.17 bits per heavy atom. The zero-order valence-corrected chi connectivity index (χ0v) is 16.6. The number of likely N-dealkylation sites (tertiary alicyclic amines) is 1. The second-order valence-corrected chi connectivity index (χ2v) is 8.01. The second kappa shape index (κ2) is 7.06. The van der Waals surface area contributed by atoms with E-state index >= 15 is 0 Å². The standard InChI is InChI=1S/C22H25N5O2/c1-25-10-6-15-12-18(14-23-19(15)22(25)29)27-9-4-5-16-11-17(13-24-20(16)27)21(28)26-7-2-3-8-26/h6,10-13,23H,2-5,7-9,14H2,1H3. The van der Waals surface area contributed by atoms with Crippen molar-refractivity contribution in [3.05, 3.63) is 57.3 Å². The summed E-state index contributed by atoms with van der Waals surface area (Å²) >= 11 is 0. The van der Waals surface area contributed by atoms with Gasteiger partial charge in [0.05, 0.1) is 12.1 Å². The number of aromatic nitrogens is 2. The lowest BCUT2D eigenvalue weighted by Crippen LogP contribution is -2.35. The van der Waals surface area contributed by atoms with Gasteiger partial charge in [0.1, 0.15) is 11.5 Å². The molecule has 0 atom stereocenters. The molecule has 1 fully saturated rings. The average Bonchev–Trinajstić information content (AvgIpc) is 3.30. The summed E-state index contributed by atoms with van der Waals surface area (Å²) in [5.74, 6) is 1.02. The van der Waals surface area contributed by atoms with Crippen LogP contribution in [0.25, 0.3) is 6.08 Å². The highest BCUT2D eigenvalue weighted by atomic mass is 16.2. The number of hydrogen-bond donors (Lipinski definition) is 1. The molecule has 0 aromatic carbocycles. The largest absolute Gasteiger partial charge is 0.375 e. The molecule has 0 spiro atoms. The van der Waals surface area contributed by atoms with Crippen LogP contribution in [0.2, 0.25) is 0 Å². The minimum atomic E-state index is -0.0139. The van der Waals surface area contributed by atoms with Gasteiger partial charge < -0.3 is 19.7 Å². The summed E-state index contributed by atoms with van der Waals surface area (Å²) in [7, 11) is 1.76. The molecule has 150 valence electrons. The molecule has 7 nitrogen and oxygen atoms in total. The predicted molar refractivity (Wildman–Crippen MR) is 113 cm³/mol. The number of rotatable bonds is 2. The molecule has 1 saturated heterocycles. The first-order valence-electron chi connectivity index (χ1n) is 10.3. The third-order valence-corrected chi connectivity index (χ3v) is 6.08. The molecule has 1 N–H and O–H groups in total. The Balaban J connectivity index is 1.46. The van der Waals surface area contributed by atoms with Crippen LogP contribution in [-0.4, -0.2) is 46.5 Å². The summed E-state index contributed by atoms with van der Waals surface area (Å²) in [5.41, 5.74) is 4.45. The Morgan fingerprint density at radius 3 is 2.83 bits per heavy atom. The highest BCUT2D eigenvalue weighted by Crippen LogP contribution is 2.32. The third-order valence-electron chi connectivity index (χ3n) is 6.08. The lowest BCUT2D eigenvalue weighted by molar-refractivity contribution is 0.0792. The normalized spacial score (nSPS) is 18.0. The second-order valence-electron chi connectivity index (χ2n) is 8.01. The topological polar surface area (TPSA) is 70.5 Å². The van der Waals surface area contributed by atoms with E-state index in [2.05, 4.69) is 16.3 Å². The number of nitrogens with zero attached hydrogens (tertiary/aromatic N) is 4. The Bertz CT molecular complexity index is 1070. The highest BCUT2D eigenvalue weighted by Gasteiger charge is 2.26. The summed E-state index contributed by atoms with van der Waals surface area (Å²) in [4.78, 5) is 33.9. The minimum Gasteiger partial charge on any atom is -0.375 e. The van der Waals surface area contributed by atoms with Gasteiger partial charge in [-0.05, 0) is 49.5 Å². The lowest BCUT2D eigenvalue weighted by atomic mass is 10.0. The number of carbonyl (C=O) groups excluding carboxylic acids is 1. The Hall–Kier alpha value is -3.09. The van der Waals surface area contributed by atoms with Gasteiger partial charge in [0.15, 0.2) is 0 Å². The summed E-state index contributed by atoms with van der Waals surface area (Å²) in [6, 6.07) is 3.98. The van der Waals surface area contributed by atoms with E-state index in [1.54, 1.807) is 24.0 Å². The molecular weight excluding hydrogens is 366 g/mol. The third kappa shape index (κ3) is 3.10. The summed E-state index contributed by atoms with van der Waals surface area (Å²) in [6.07, 6.45) is 9.70. The maximum absolute atomic E-state index is 12.7. The molecule has 0 saturated carbocycles. The molecule has 1 amide bonds. The van der Waals surface area contributed by atoms with Crippen LogP contribution in [-0.2, 0) is 13.5 Å². The fraction of sp³-hybridized carbons (Fsp3) is 0.409. The number of aryl methyl sites for hydroxylation is 2. The molecule has 29 heavy (non-hydrogen) atoms. The van der Waals surface area contributed by atoms with E-state index in [0.29, 0.717) is 17.8 Å². The van der Waals surface area contributed by atoms with Crippen LogP contribution in [0.4, 0.5) is 11.5 Å². The molecule has 3 aliphatic heterocycles. The molecule has 2 aromatic rings. The van der Waals surface area contributed by atoms with Crippen LogP contribution < -0.4 is 15.8 Å². The molecule has 5 rings (SSSR count). The van der Waals surface area contributed by atoms with Crippen molar-refractivity contribution in [1.29, 1.82) is 0 Å². The van der Waals surface area contributed by atoms with Crippen molar-refractivity contribution >= 4 is 23.5 Å². The fourth-order valence-electron chi connectivity index (χ4n) is 4.49. The number of amides is 1. The van der Waals surface area contributed by atoms with Crippen LogP contribution in [0.15, 0.2) is 35.0 Å². The van der Waals surface area contributed by atoms with Crippen LogP contribution >= 0.6 is 0 Å². The van der Waals surface area contributed by atoms with Crippen molar-refractivity contribution in [3.63, 3.8) is 0 Å².